The summed E-state index contributed by atoms with van der Waals surface area (Å²) in [7, 11) is -3.22. The largest absolute Gasteiger partial charge is 0.399 e. The Morgan fingerprint density at radius 3 is 2.67 bits per heavy atom. The molecule has 1 aliphatic heterocycles. The first-order valence-electron chi connectivity index (χ1n) is 6.11. The van der Waals surface area contributed by atoms with Crippen LogP contribution in [0, 0.1) is 5.41 Å². The maximum atomic E-state index is 12.3. The molecule has 1 aromatic carbocycles. The normalized spacial score (nSPS) is 20.1. The van der Waals surface area contributed by atoms with E-state index in [0.29, 0.717) is 18.8 Å². The Morgan fingerprint density at radius 2 is 2.11 bits per heavy atom. The number of nitrogens with zero attached hydrogens (tertiary/aromatic N) is 1. The van der Waals surface area contributed by atoms with Crippen LogP contribution in [-0.2, 0) is 15.8 Å². The van der Waals surface area contributed by atoms with Crippen LogP contribution in [0.2, 0.25) is 0 Å². The maximum Gasteiger partial charge on any atom is 0.218 e. The lowest BCUT2D eigenvalue weighted by Crippen LogP contribution is -2.31. The summed E-state index contributed by atoms with van der Waals surface area (Å²) < 4.78 is 26.2. The van der Waals surface area contributed by atoms with Crippen LogP contribution < -0.4 is 5.73 Å². The zero-order valence-electron chi connectivity index (χ0n) is 10.9. The van der Waals surface area contributed by atoms with Crippen LogP contribution in [0.25, 0.3) is 0 Å². The van der Waals surface area contributed by atoms with Crippen molar-refractivity contribution in [1.82, 2.24) is 4.31 Å². The van der Waals surface area contributed by atoms with Gasteiger partial charge in [-0.1, -0.05) is 26.0 Å². The number of nitrogen functional groups attached to an aromatic ring is 1. The fourth-order valence-electron chi connectivity index (χ4n) is 2.29. The monoisotopic (exact) mass is 268 g/mol. The van der Waals surface area contributed by atoms with E-state index in [-0.39, 0.29) is 11.2 Å². The third kappa shape index (κ3) is 3.03. The van der Waals surface area contributed by atoms with Gasteiger partial charge in [0, 0.05) is 18.8 Å². The minimum atomic E-state index is -3.22. The molecule has 2 N–H and O–H groups in total. The molecule has 1 heterocycles. The number of sulfonamides is 1. The Bertz CT molecular complexity index is 538. The zero-order chi connectivity index (χ0) is 13.4. The third-order valence-corrected chi connectivity index (χ3v) is 5.13. The average Bonchev–Trinajstić information content (AvgIpc) is 2.59. The Kier molecular flexibility index (Phi) is 3.38. The topological polar surface area (TPSA) is 63.4 Å². The molecule has 0 aromatic heterocycles. The summed E-state index contributed by atoms with van der Waals surface area (Å²) in [4.78, 5) is 0. The van der Waals surface area contributed by atoms with E-state index >= 15 is 0 Å². The molecule has 0 unspecified atom stereocenters. The molecule has 1 aliphatic rings. The predicted molar refractivity (Wildman–Crippen MR) is 73.4 cm³/mol. The Morgan fingerprint density at radius 1 is 1.39 bits per heavy atom. The van der Waals surface area contributed by atoms with Crippen molar-refractivity contribution < 1.29 is 8.42 Å². The van der Waals surface area contributed by atoms with Crippen molar-refractivity contribution in [1.29, 1.82) is 0 Å². The van der Waals surface area contributed by atoms with Crippen molar-refractivity contribution in [3.05, 3.63) is 29.8 Å². The van der Waals surface area contributed by atoms with E-state index in [1.165, 1.54) is 0 Å². The zero-order valence-corrected chi connectivity index (χ0v) is 11.7. The van der Waals surface area contributed by atoms with Crippen LogP contribution in [0.3, 0.4) is 0 Å². The first-order valence-corrected chi connectivity index (χ1v) is 7.72. The standard InChI is InChI=1S/C13H20N2O2S/c1-13(2)6-7-15(10-13)18(16,17)9-11-4-3-5-12(14)8-11/h3-5,8H,6-7,9-10,14H2,1-2H3. The van der Waals surface area contributed by atoms with E-state index in [0.717, 1.165) is 12.0 Å². The molecule has 0 spiro atoms. The van der Waals surface area contributed by atoms with E-state index in [4.69, 9.17) is 5.73 Å². The van der Waals surface area contributed by atoms with E-state index in [1.54, 1.807) is 28.6 Å². The van der Waals surface area contributed by atoms with Crippen molar-refractivity contribution in [2.75, 3.05) is 18.8 Å². The van der Waals surface area contributed by atoms with Crippen LogP contribution in [0.4, 0.5) is 5.69 Å². The lowest BCUT2D eigenvalue weighted by atomic mass is 9.93. The van der Waals surface area contributed by atoms with Gasteiger partial charge in [-0.05, 0) is 29.5 Å². The van der Waals surface area contributed by atoms with Gasteiger partial charge < -0.3 is 5.73 Å². The minimum absolute atomic E-state index is 0.0358. The number of anilines is 1. The molecule has 0 saturated carbocycles. The molecule has 100 valence electrons. The molecule has 0 radical (unpaired) electrons. The predicted octanol–water partition coefficient (Wildman–Crippen LogP) is 1.83. The maximum absolute atomic E-state index is 12.3. The molecule has 4 nitrogen and oxygen atoms in total. The number of benzene rings is 1. The van der Waals surface area contributed by atoms with Crippen molar-refractivity contribution in [3.8, 4) is 0 Å². The first kappa shape index (κ1) is 13.4. The third-order valence-electron chi connectivity index (χ3n) is 3.34. The van der Waals surface area contributed by atoms with Gasteiger partial charge in [-0.15, -0.1) is 0 Å². The Labute approximate surface area is 109 Å². The molecule has 0 bridgehead atoms. The second kappa shape index (κ2) is 4.55. The Hall–Kier alpha value is -1.07. The highest BCUT2D eigenvalue weighted by Gasteiger charge is 2.35. The van der Waals surface area contributed by atoms with Gasteiger partial charge in [0.25, 0.3) is 0 Å². The highest BCUT2D eigenvalue weighted by Crippen LogP contribution is 2.31. The number of hydrogen-bond acceptors (Lipinski definition) is 3. The van der Waals surface area contributed by atoms with E-state index in [9.17, 15) is 8.42 Å². The van der Waals surface area contributed by atoms with Gasteiger partial charge in [0.2, 0.25) is 10.0 Å². The second-order valence-corrected chi connectivity index (χ2v) is 7.72. The molecule has 0 atom stereocenters. The van der Waals surface area contributed by atoms with Crippen LogP contribution >= 0.6 is 0 Å². The van der Waals surface area contributed by atoms with Crippen LogP contribution in [0.15, 0.2) is 24.3 Å². The molecule has 0 amide bonds. The van der Waals surface area contributed by atoms with Gasteiger partial charge in [-0.3, -0.25) is 0 Å². The highest BCUT2D eigenvalue weighted by molar-refractivity contribution is 7.88. The molecule has 1 aromatic rings. The summed E-state index contributed by atoms with van der Waals surface area (Å²) in [6, 6.07) is 7.07. The fourth-order valence-corrected chi connectivity index (χ4v) is 3.98. The molecule has 5 heteroatoms. The second-order valence-electron chi connectivity index (χ2n) is 5.75. The highest BCUT2D eigenvalue weighted by atomic mass is 32.2. The molecular weight excluding hydrogens is 248 g/mol. The van der Waals surface area contributed by atoms with Crippen molar-refractivity contribution in [2.45, 2.75) is 26.0 Å². The molecular formula is C13H20N2O2S. The summed E-state index contributed by atoms with van der Waals surface area (Å²) in [6.07, 6.45) is 0.920. The van der Waals surface area contributed by atoms with Gasteiger partial charge in [0.05, 0.1) is 5.75 Å². The quantitative estimate of drug-likeness (QED) is 0.851. The van der Waals surface area contributed by atoms with E-state index < -0.39 is 10.0 Å². The lowest BCUT2D eigenvalue weighted by molar-refractivity contribution is 0.375. The number of rotatable bonds is 3. The summed E-state index contributed by atoms with van der Waals surface area (Å²) in [5.74, 6) is 0.0358. The van der Waals surface area contributed by atoms with Gasteiger partial charge >= 0.3 is 0 Å². The van der Waals surface area contributed by atoms with Gasteiger partial charge in [0.1, 0.15) is 0 Å². The Balaban J connectivity index is 2.13. The van der Waals surface area contributed by atoms with Crippen LogP contribution in [-0.4, -0.2) is 25.8 Å². The average molecular weight is 268 g/mol. The first-order chi connectivity index (χ1) is 8.28. The number of hydrogen-bond donors (Lipinski definition) is 1. The minimum Gasteiger partial charge on any atom is -0.399 e. The molecule has 0 aliphatic carbocycles. The van der Waals surface area contributed by atoms with Crippen molar-refractivity contribution >= 4 is 15.7 Å². The van der Waals surface area contributed by atoms with Crippen LogP contribution in [0.5, 0.6) is 0 Å². The van der Waals surface area contributed by atoms with Gasteiger partial charge in [-0.2, -0.15) is 0 Å². The molecule has 1 saturated heterocycles. The fraction of sp³-hybridized carbons (Fsp3) is 0.538. The molecule has 1 fully saturated rings. The number of nitrogens with two attached hydrogens (primary N) is 1. The lowest BCUT2D eigenvalue weighted by Gasteiger charge is -2.19. The summed E-state index contributed by atoms with van der Waals surface area (Å²) in [5.41, 5.74) is 7.10. The van der Waals surface area contributed by atoms with E-state index in [2.05, 4.69) is 13.8 Å². The smallest absolute Gasteiger partial charge is 0.218 e. The summed E-state index contributed by atoms with van der Waals surface area (Å²) >= 11 is 0. The summed E-state index contributed by atoms with van der Waals surface area (Å²) in [5, 5.41) is 0. The van der Waals surface area contributed by atoms with Gasteiger partial charge in [-0.25, -0.2) is 12.7 Å². The SMILES string of the molecule is CC1(C)CCN(S(=O)(=O)Cc2cccc(N)c2)C1. The summed E-state index contributed by atoms with van der Waals surface area (Å²) in [6.45, 7) is 5.43. The van der Waals surface area contributed by atoms with Crippen molar-refractivity contribution in [3.63, 3.8) is 0 Å². The van der Waals surface area contributed by atoms with E-state index in [1.807, 2.05) is 0 Å². The van der Waals surface area contributed by atoms with Gasteiger partial charge in [0.15, 0.2) is 0 Å². The van der Waals surface area contributed by atoms with Crippen molar-refractivity contribution in [2.24, 2.45) is 5.41 Å². The molecule has 18 heavy (non-hydrogen) atoms. The van der Waals surface area contributed by atoms with Crippen LogP contribution in [0.1, 0.15) is 25.8 Å². The molecule has 2 rings (SSSR count).